The van der Waals surface area contributed by atoms with Crippen molar-refractivity contribution in [2.45, 2.75) is 32.4 Å². The lowest BCUT2D eigenvalue weighted by Crippen LogP contribution is -2.39. The largest absolute Gasteiger partial charge is 0.494 e. The van der Waals surface area contributed by atoms with Crippen LogP contribution in [0.25, 0.3) is 0 Å². The van der Waals surface area contributed by atoms with Gasteiger partial charge < -0.3 is 15.0 Å². The second kappa shape index (κ2) is 8.06. The molecule has 1 N–H and O–H groups in total. The zero-order valence-corrected chi connectivity index (χ0v) is 14.9. The van der Waals surface area contributed by atoms with Gasteiger partial charge in [0.2, 0.25) is 0 Å². The lowest BCUT2D eigenvalue weighted by molar-refractivity contribution is 0.201. The summed E-state index contributed by atoms with van der Waals surface area (Å²) in [5.41, 5.74) is 2.27. The highest BCUT2D eigenvalue weighted by Crippen LogP contribution is 2.41. The molecule has 0 radical (unpaired) electrons. The van der Waals surface area contributed by atoms with Gasteiger partial charge in [-0.1, -0.05) is 42.5 Å². The molecule has 4 nitrogen and oxygen atoms in total. The quantitative estimate of drug-likeness (QED) is 0.814. The molecule has 1 saturated carbocycles. The molecule has 0 spiro atoms. The van der Waals surface area contributed by atoms with Gasteiger partial charge in [0.05, 0.1) is 12.6 Å². The highest BCUT2D eigenvalue weighted by molar-refractivity contribution is 5.74. The van der Waals surface area contributed by atoms with Gasteiger partial charge in [0.25, 0.3) is 0 Å². The summed E-state index contributed by atoms with van der Waals surface area (Å²) in [6.45, 7) is 3.20. The Balaban J connectivity index is 1.59. The highest BCUT2D eigenvalue weighted by Gasteiger charge is 2.33. The Bertz CT molecular complexity index is 681. The summed E-state index contributed by atoms with van der Waals surface area (Å²) >= 11 is 0. The van der Waals surface area contributed by atoms with E-state index in [0.29, 0.717) is 19.1 Å². The number of amides is 2. The van der Waals surface area contributed by atoms with Crippen LogP contribution in [-0.4, -0.2) is 24.6 Å². The van der Waals surface area contributed by atoms with E-state index in [4.69, 9.17) is 4.74 Å². The predicted octanol–water partition coefficient (Wildman–Crippen LogP) is 4.38. The fourth-order valence-corrected chi connectivity index (χ4v) is 3.01. The Morgan fingerprint density at radius 2 is 1.84 bits per heavy atom. The molecule has 0 bridgehead atoms. The fourth-order valence-electron chi connectivity index (χ4n) is 3.01. The first-order valence-electron chi connectivity index (χ1n) is 8.95. The Labute approximate surface area is 149 Å². The van der Waals surface area contributed by atoms with Gasteiger partial charge in [-0.15, -0.1) is 0 Å². The summed E-state index contributed by atoms with van der Waals surface area (Å²) in [5.74, 6) is 1.42. The maximum Gasteiger partial charge on any atom is 0.317 e. The van der Waals surface area contributed by atoms with Crippen molar-refractivity contribution in [1.29, 1.82) is 0 Å². The molecule has 1 atom stereocenters. The summed E-state index contributed by atoms with van der Waals surface area (Å²) < 4.78 is 5.46. The van der Waals surface area contributed by atoms with Gasteiger partial charge in [-0.25, -0.2) is 4.79 Å². The Kier molecular flexibility index (Phi) is 5.59. The number of carbonyl (C=O) groups excluding carboxylic acids is 1. The maximum absolute atomic E-state index is 12.6. The van der Waals surface area contributed by atoms with Gasteiger partial charge in [0, 0.05) is 13.6 Å². The number of nitrogens with one attached hydrogen (secondary N) is 1. The molecule has 0 heterocycles. The predicted molar refractivity (Wildman–Crippen MR) is 99.5 cm³/mol. The van der Waals surface area contributed by atoms with Crippen LogP contribution in [0.1, 0.15) is 36.9 Å². The lowest BCUT2D eigenvalue weighted by Gasteiger charge is -2.24. The number of nitrogens with zero attached hydrogens (tertiary/aromatic N) is 1. The third-order valence-electron chi connectivity index (χ3n) is 4.53. The van der Waals surface area contributed by atoms with Crippen LogP contribution in [0.4, 0.5) is 4.79 Å². The standard InChI is InChI=1S/C21H26N2O2/c1-3-25-19-13-9-16(10-14-19)15-23(2)21(24)22-20(18-11-12-18)17-7-5-4-6-8-17/h4-10,13-14,18,20H,3,11-12,15H2,1-2H3,(H,22,24). The van der Waals surface area contributed by atoms with E-state index in [1.165, 1.54) is 18.4 Å². The highest BCUT2D eigenvalue weighted by atomic mass is 16.5. The van der Waals surface area contributed by atoms with E-state index in [-0.39, 0.29) is 12.1 Å². The number of carbonyl (C=O) groups is 1. The molecule has 2 aromatic rings. The molecule has 0 aromatic heterocycles. The normalized spacial score (nSPS) is 14.6. The smallest absolute Gasteiger partial charge is 0.317 e. The minimum absolute atomic E-state index is 0.0327. The van der Waals surface area contributed by atoms with Crippen molar-refractivity contribution < 1.29 is 9.53 Å². The summed E-state index contributed by atoms with van der Waals surface area (Å²) in [4.78, 5) is 14.4. The van der Waals surface area contributed by atoms with Crippen molar-refractivity contribution in [2.75, 3.05) is 13.7 Å². The molecular weight excluding hydrogens is 312 g/mol. The molecule has 1 fully saturated rings. The third-order valence-corrected chi connectivity index (χ3v) is 4.53. The Hall–Kier alpha value is -2.49. The van der Waals surface area contributed by atoms with Crippen LogP contribution in [0.15, 0.2) is 54.6 Å². The van der Waals surface area contributed by atoms with E-state index in [0.717, 1.165) is 11.3 Å². The molecule has 2 aromatic carbocycles. The van der Waals surface area contributed by atoms with E-state index in [2.05, 4.69) is 17.4 Å². The molecule has 1 unspecified atom stereocenters. The first-order valence-corrected chi connectivity index (χ1v) is 8.95. The van der Waals surface area contributed by atoms with Crippen LogP contribution < -0.4 is 10.1 Å². The van der Waals surface area contributed by atoms with Crippen molar-refractivity contribution in [3.8, 4) is 5.75 Å². The van der Waals surface area contributed by atoms with Crippen LogP contribution in [0.5, 0.6) is 5.75 Å². The monoisotopic (exact) mass is 338 g/mol. The van der Waals surface area contributed by atoms with E-state index < -0.39 is 0 Å². The van der Waals surface area contributed by atoms with Gasteiger partial charge in [-0.05, 0) is 48.9 Å². The average Bonchev–Trinajstić information content (AvgIpc) is 3.47. The van der Waals surface area contributed by atoms with Gasteiger partial charge >= 0.3 is 6.03 Å². The molecule has 0 aliphatic heterocycles. The average molecular weight is 338 g/mol. The molecule has 1 aliphatic carbocycles. The molecule has 25 heavy (non-hydrogen) atoms. The number of benzene rings is 2. The first-order chi connectivity index (χ1) is 12.2. The first kappa shape index (κ1) is 17.3. The summed E-state index contributed by atoms with van der Waals surface area (Å²) in [5, 5.41) is 3.21. The minimum atomic E-state index is -0.0327. The molecule has 3 rings (SSSR count). The number of hydrogen-bond donors (Lipinski definition) is 1. The SMILES string of the molecule is CCOc1ccc(CN(C)C(=O)NC(c2ccccc2)C2CC2)cc1. The van der Waals surface area contributed by atoms with Gasteiger partial charge in [-0.2, -0.15) is 0 Å². The number of rotatable bonds is 7. The third kappa shape index (κ3) is 4.75. The second-order valence-electron chi connectivity index (χ2n) is 6.61. The van der Waals surface area contributed by atoms with Gasteiger partial charge in [-0.3, -0.25) is 0 Å². The van der Waals surface area contributed by atoms with Crippen LogP contribution in [0, 0.1) is 5.92 Å². The lowest BCUT2D eigenvalue weighted by atomic mass is 10.0. The number of ether oxygens (including phenoxy) is 1. The molecule has 4 heteroatoms. The summed E-state index contributed by atoms with van der Waals surface area (Å²) in [6, 6.07) is 18.2. The summed E-state index contributed by atoms with van der Waals surface area (Å²) in [7, 11) is 1.83. The van der Waals surface area contributed by atoms with Crippen molar-refractivity contribution in [3.05, 3.63) is 65.7 Å². The van der Waals surface area contributed by atoms with Crippen molar-refractivity contribution in [3.63, 3.8) is 0 Å². The maximum atomic E-state index is 12.6. The molecule has 1 aliphatic rings. The van der Waals surface area contributed by atoms with E-state index in [1.54, 1.807) is 4.90 Å². The Morgan fingerprint density at radius 3 is 2.44 bits per heavy atom. The van der Waals surface area contributed by atoms with Crippen LogP contribution in [0.2, 0.25) is 0 Å². The van der Waals surface area contributed by atoms with Crippen LogP contribution in [-0.2, 0) is 6.54 Å². The molecule has 132 valence electrons. The van der Waals surface area contributed by atoms with Gasteiger partial charge in [0.1, 0.15) is 5.75 Å². The molecule has 2 amide bonds. The molecule has 0 saturated heterocycles. The zero-order valence-electron chi connectivity index (χ0n) is 14.9. The number of hydrogen-bond acceptors (Lipinski definition) is 2. The van der Waals surface area contributed by atoms with Crippen molar-refractivity contribution >= 4 is 6.03 Å². The van der Waals surface area contributed by atoms with Crippen LogP contribution in [0.3, 0.4) is 0 Å². The van der Waals surface area contributed by atoms with Gasteiger partial charge in [0.15, 0.2) is 0 Å². The van der Waals surface area contributed by atoms with Crippen molar-refractivity contribution in [1.82, 2.24) is 10.2 Å². The minimum Gasteiger partial charge on any atom is -0.494 e. The number of urea groups is 1. The van der Waals surface area contributed by atoms with E-state index >= 15 is 0 Å². The fraction of sp³-hybridized carbons (Fsp3) is 0.381. The molecular formula is C21H26N2O2. The topological polar surface area (TPSA) is 41.6 Å². The summed E-state index contributed by atoms with van der Waals surface area (Å²) in [6.07, 6.45) is 2.37. The van der Waals surface area contributed by atoms with Crippen molar-refractivity contribution in [2.24, 2.45) is 5.92 Å². The van der Waals surface area contributed by atoms with E-state index in [1.807, 2.05) is 56.4 Å². The Morgan fingerprint density at radius 1 is 1.16 bits per heavy atom. The zero-order chi connectivity index (χ0) is 17.6. The van der Waals surface area contributed by atoms with E-state index in [9.17, 15) is 4.79 Å². The van der Waals surface area contributed by atoms with Crippen LogP contribution >= 0.6 is 0 Å². The second-order valence-corrected chi connectivity index (χ2v) is 6.61.